The van der Waals surface area contributed by atoms with Gasteiger partial charge in [0.25, 0.3) is 5.91 Å². The fourth-order valence-corrected chi connectivity index (χ4v) is 2.76. The smallest absolute Gasteiger partial charge is 0.267 e. The third kappa shape index (κ3) is 4.17. The first kappa shape index (κ1) is 16.6. The van der Waals surface area contributed by atoms with E-state index in [0.29, 0.717) is 18.7 Å². The molecule has 0 spiro atoms. The van der Waals surface area contributed by atoms with Gasteiger partial charge in [0.1, 0.15) is 11.5 Å². The molecule has 7 heteroatoms. The van der Waals surface area contributed by atoms with E-state index >= 15 is 0 Å². The van der Waals surface area contributed by atoms with Crippen molar-refractivity contribution in [3.63, 3.8) is 0 Å². The molecule has 128 valence electrons. The molecule has 2 amide bonds. The number of amides is 2. The Kier molecular flexibility index (Phi) is 5.20. The predicted molar refractivity (Wildman–Crippen MR) is 85.6 cm³/mol. The number of hydrazone groups is 1. The zero-order valence-electron chi connectivity index (χ0n) is 13.3. The third-order valence-electron chi connectivity index (χ3n) is 4.13. The van der Waals surface area contributed by atoms with E-state index < -0.39 is 0 Å². The summed E-state index contributed by atoms with van der Waals surface area (Å²) >= 11 is 0. The Morgan fingerprint density at radius 2 is 2.12 bits per heavy atom. The van der Waals surface area contributed by atoms with Gasteiger partial charge in [-0.2, -0.15) is 5.10 Å². The minimum atomic E-state index is -0.332. The molecule has 1 atom stereocenters. The largest absolute Gasteiger partial charge is 0.376 e. The number of rotatable bonds is 5. The van der Waals surface area contributed by atoms with Crippen LogP contribution >= 0.6 is 0 Å². The maximum atomic E-state index is 13.0. The number of hydrogen-bond donors (Lipinski definition) is 1. The van der Waals surface area contributed by atoms with Gasteiger partial charge < -0.3 is 10.1 Å². The van der Waals surface area contributed by atoms with Crippen LogP contribution in [0.15, 0.2) is 29.4 Å². The molecule has 3 rings (SSSR count). The van der Waals surface area contributed by atoms with Crippen molar-refractivity contribution < 1.29 is 18.7 Å². The molecule has 1 aromatic carbocycles. The van der Waals surface area contributed by atoms with Gasteiger partial charge in [0, 0.05) is 26.0 Å². The SMILES string of the molecule is O=C(NC[C@H]1CCCO1)C1=NN(Cc2ccc(F)cc2)C(=O)CC1. The number of halogens is 1. The summed E-state index contributed by atoms with van der Waals surface area (Å²) in [5, 5.41) is 8.27. The summed E-state index contributed by atoms with van der Waals surface area (Å²) in [6.07, 6.45) is 2.60. The quantitative estimate of drug-likeness (QED) is 0.890. The summed E-state index contributed by atoms with van der Waals surface area (Å²) in [4.78, 5) is 24.2. The number of hydrogen-bond acceptors (Lipinski definition) is 4. The van der Waals surface area contributed by atoms with Crippen LogP contribution in [0.5, 0.6) is 0 Å². The van der Waals surface area contributed by atoms with Crippen LogP contribution in [-0.4, -0.2) is 41.8 Å². The number of ether oxygens (including phenoxy) is 1. The van der Waals surface area contributed by atoms with Gasteiger partial charge in [-0.3, -0.25) is 9.59 Å². The molecule has 0 saturated carbocycles. The van der Waals surface area contributed by atoms with Gasteiger partial charge in [-0.1, -0.05) is 12.1 Å². The van der Waals surface area contributed by atoms with E-state index in [4.69, 9.17) is 4.74 Å². The zero-order valence-corrected chi connectivity index (χ0v) is 13.3. The van der Waals surface area contributed by atoms with Crippen molar-refractivity contribution in [2.75, 3.05) is 13.2 Å². The number of carbonyl (C=O) groups excluding carboxylic acids is 2. The molecular weight excluding hydrogens is 313 g/mol. The minimum absolute atomic E-state index is 0.0649. The molecule has 0 unspecified atom stereocenters. The van der Waals surface area contributed by atoms with Gasteiger partial charge in [0.05, 0.1) is 12.6 Å². The molecule has 1 saturated heterocycles. The first-order valence-corrected chi connectivity index (χ1v) is 8.14. The van der Waals surface area contributed by atoms with Crippen LogP contribution in [0.25, 0.3) is 0 Å². The standard InChI is InChI=1S/C17H20FN3O3/c18-13-5-3-12(4-6-13)11-21-16(22)8-7-15(20-21)17(23)19-10-14-2-1-9-24-14/h3-6,14H,1-2,7-11H2,(H,19,23)/t14-/m1/s1. The average molecular weight is 333 g/mol. The monoisotopic (exact) mass is 333 g/mol. The van der Waals surface area contributed by atoms with Crippen LogP contribution in [0.1, 0.15) is 31.2 Å². The molecule has 2 heterocycles. The maximum absolute atomic E-state index is 13.0. The topological polar surface area (TPSA) is 71.0 Å². The summed E-state index contributed by atoms with van der Waals surface area (Å²) in [7, 11) is 0. The number of nitrogens with one attached hydrogen (secondary N) is 1. The highest BCUT2D eigenvalue weighted by Gasteiger charge is 2.25. The van der Waals surface area contributed by atoms with Crippen LogP contribution < -0.4 is 5.32 Å². The molecule has 0 aromatic heterocycles. The van der Waals surface area contributed by atoms with Crippen LogP contribution in [0.2, 0.25) is 0 Å². The fraction of sp³-hybridized carbons (Fsp3) is 0.471. The first-order valence-electron chi connectivity index (χ1n) is 8.14. The van der Waals surface area contributed by atoms with Gasteiger partial charge >= 0.3 is 0 Å². The van der Waals surface area contributed by atoms with Crippen molar-refractivity contribution in [1.29, 1.82) is 0 Å². The zero-order chi connectivity index (χ0) is 16.9. The molecule has 6 nitrogen and oxygen atoms in total. The highest BCUT2D eigenvalue weighted by molar-refractivity contribution is 6.39. The Morgan fingerprint density at radius 3 is 2.83 bits per heavy atom. The number of nitrogens with zero attached hydrogens (tertiary/aromatic N) is 2. The molecule has 0 aliphatic carbocycles. The van der Waals surface area contributed by atoms with E-state index in [-0.39, 0.29) is 36.7 Å². The van der Waals surface area contributed by atoms with Crippen molar-refractivity contribution in [3.8, 4) is 0 Å². The predicted octanol–water partition coefficient (Wildman–Crippen LogP) is 1.60. The summed E-state index contributed by atoms with van der Waals surface area (Å²) in [6, 6.07) is 5.87. The van der Waals surface area contributed by atoms with Crippen molar-refractivity contribution in [2.24, 2.45) is 5.10 Å². The van der Waals surface area contributed by atoms with E-state index in [2.05, 4.69) is 10.4 Å². The Bertz CT molecular complexity index is 639. The van der Waals surface area contributed by atoms with Crippen molar-refractivity contribution in [3.05, 3.63) is 35.6 Å². The lowest BCUT2D eigenvalue weighted by molar-refractivity contribution is -0.132. The van der Waals surface area contributed by atoms with Crippen LogP contribution in [0.3, 0.4) is 0 Å². The Hall–Kier alpha value is -2.28. The third-order valence-corrected chi connectivity index (χ3v) is 4.13. The lowest BCUT2D eigenvalue weighted by Crippen LogP contribution is -2.41. The van der Waals surface area contributed by atoms with Gasteiger partial charge in [-0.15, -0.1) is 0 Å². The molecule has 2 aliphatic rings. The minimum Gasteiger partial charge on any atom is -0.376 e. The highest BCUT2D eigenvalue weighted by atomic mass is 19.1. The van der Waals surface area contributed by atoms with E-state index in [1.54, 1.807) is 12.1 Å². The summed E-state index contributed by atoms with van der Waals surface area (Å²) in [5.41, 5.74) is 1.10. The molecule has 0 radical (unpaired) electrons. The van der Waals surface area contributed by atoms with Crippen LogP contribution in [-0.2, 0) is 20.9 Å². The van der Waals surface area contributed by atoms with Crippen molar-refractivity contribution >= 4 is 17.5 Å². The second-order valence-electron chi connectivity index (χ2n) is 5.97. The molecule has 1 aromatic rings. The lowest BCUT2D eigenvalue weighted by atomic mass is 10.1. The van der Waals surface area contributed by atoms with E-state index in [9.17, 15) is 14.0 Å². The van der Waals surface area contributed by atoms with Crippen molar-refractivity contribution in [2.45, 2.75) is 38.3 Å². The second kappa shape index (κ2) is 7.53. The molecule has 24 heavy (non-hydrogen) atoms. The lowest BCUT2D eigenvalue weighted by Gasteiger charge is -2.23. The molecule has 2 aliphatic heterocycles. The van der Waals surface area contributed by atoms with Gasteiger partial charge in [-0.05, 0) is 30.5 Å². The molecule has 0 bridgehead atoms. The second-order valence-corrected chi connectivity index (χ2v) is 5.97. The Balaban J connectivity index is 1.61. The molecule has 1 N–H and O–H groups in total. The highest BCUT2D eigenvalue weighted by Crippen LogP contribution is 2.15. The van der Waals surface area contributed by atoms with Gasteiger partial charge in [0.2, 0.25) is 5.91 Å². The average Bonchev–Trinajstić information content (AvgIpc) is 3.10. The van der Waals surface area contributed by atoms with Crippen molar-refractivity contribution in [1.82, 2.24) is 10.3 Å². The fourth-order valence-electron chi connectivity index (χ4n) is 2.76. The van der Waals surface area contributed by atoms with Gasteiger partial charge in [-0.25, -0.2) is 9.40 Å². The van der Waals surface area contributed by atoms with Crippen LogP contribution in [0.4, 0.5) is 4.39 Å². The normalized spacial score (nSPS) is 20.9. The van der Waals surface area contributed by atoms with E-state index in [0.717, 1.165) is 25.0 Å². The molecule has 1 fully saturated rings. The van der Waals surface area contributed by atoms with E-state index in [1.165, 1.54) is 17.1 Å². The maximum Gasteiger partial charge on any atom is 0.267 e. The van der Waals surface area contributed by atoms with Gasteiger partial charge in [0.15, 0.2) is 0 Å². The first-order chi connectivity index (χ1) is 11.6. The number of benzene rings is 1. The summed E-state index contributed by atoms with van der Waals surface area (Å²) in [6.45, 7) is 1.42. The molecular formula is C17H20FN3O3. The Labute approximate surface area is 139 Å². The van der Waals surface area contributed by atoms with E-state index in [1.807, 2.05) is 0 Å². The summed E-state index contributed by atoms with van der Waals surface area (Å²) in [5.74, 6) is -0.737. The number of carbonyl (C=O) groups is 2. The summed E-state index contributed by atoms with van der Waals surface area (Å²) < 4.78 is 18.4. The van der Waals surface area contributed by atoms with Crippen LogP contribution in [0, 0.1) is 5.82 Å². The Morgan fingerprint density at radius 1 is 1.33 bits per heavy atom.